The Morgan fingerprint density at radius 3 is 1.54 bits per heavy atom. The maximum atomic E-state index is 5.79. The van der Waals surface area contributed by atoms with Gasteiger partial charge in [0.1, 0.15) is 0 Å². The second kappa shape index (κ2) is 9.24. The van der Waals surface area contributed by atoms with Crippen LogP contribution in [0.15, 0.2) is 10.3 Å². The van der Waals surface area contributed by atoms with Crippen molar-refractivity contribution in [2.75, 3.05) is 35.5 Å². The third-order valence-electron chi connectivity index (χ3n) is 2.47. The first-order valence-electron chi connectivity index (χ1n) is 6.33. The summed E-state index contributed by atoms with van der Waals surface area (Å²) in [5, 5.41) is 9.63. The molecule has 0 aliphatic rings. The van der Waals surface area contributed by atoms with E-state index in [4.69, 9.17) is 35.9 Å². The molecule has 2 heterocycles. The second-order valence-electron chi connectivity index (χ2n) is 3.97. The van der Waals surface area contributed by atoms with E-state index in [2.05, 4.69) is 20.2 Å². The number of nitrogens with zero attached hydrogens (tertiary/aromatic N) is 6. The van der Waals surface area contributed by atoms with Crippen molar-refractivity contribution in [2.45, 2.75) is 10.3 Å². The van der Waals surface area contributed by atoms with Gasteiger partial charge in [0.25, 0.3) is 0 Å². The van der Waals surface area contributed by atoms with Crippen molar-refractivity contribution in [1.29, 1.82) is 0 Å². The van der Waals surface area contributed by atoms with Crippen LogP contribution in [0.2, 0.25) is 0 Å². The molecule has 0 aromatic carbocycles. The summed E-state index contributed by atoms with van der Waals surface area (Å²) in [6.07, 6.45) is 3.76. The molecule has 0 radical (unpaired) electrons. The summed E-state index contributed by atoms with van der Waals surface area (Å²) >= 11 is 16.4. The van der Waals surface area contributed by atoms with Crippen LogP contribution < -0.4 is 11.5 Å². The van der Waals surface area contributed by atoms with Crippen LogP contribution in [0.4, 0.5) is 11.9 Å². The second-order valence-corrected chi connectivity index (χ2v) is 8.97. The molecule has 8 nitrogen and oxygen atoms in total. The highest BCUT2D eigenvalue weighted by atomic mass is 32.2. The Morgan fingerprint density at radius 2 is 1.25 bits per heavy atom. The number of hydrogen-bond acceptors (Lipinski definition) is 12. The van der Waals surface area contributed by atoms with Gasteiger partial charge in [0.05, 0.1) is 0 Å². The molecule has 4 N–H and O–H groups in total. The zero-order valence-electron chi connectivity index (χ0n) is 12.7. The van der Waals surface area contributed by atoms with Gasteiger partial charge in [0.2, 0.25) is 22.2 Å². The number of nitrogen functional groups attached to an aromatic ring is 2. The molecule has 0 aliphatic carbocycles. The molecule has 0 saturated carbocycles. The van der Waals surface area contributed by atoms with Gasteiger partial charge in [-0.25, -0.2) is 0 Å². The van der Waals surface area contributed by atoms with Gasteiger partial charge in [-0.05, 0) is 12.5 Å². The first kappa shape index (κ1) is 19.8. The zero-order valence-corrected chi connectivity index (χ0v) is 17.6. The molecule has 2 aromatic rings. The summed E-state index contributed by atoms with van der Waals surface area (Å²) in [4.78, 5) is 8.20. The predicted molar refractivity (Wildman–Crippen MR) is 113 cm³/mol. The van der Waals surface area contributed by atoms with Gasteiger partial charge < -0.3 is 11.5 Å². The monoisotopic (exact) mass is 438 g/mol. The number of anilines is 2. The number of nitrogens with two attached hydrogens (primary N) is 2. The smallest absolute Gasteiger partial charge is 0.225 e. The number of rotatable bonds is 5. The molecular formula is C10H14N8S6. The molecule has 0 bridgehead atoms. The Bertz CT molecular complexity index is 678. The average Bonchev–Trinajstić information content (AvgIpc) is 3.13. The van der Waals surface area contributed by atoms with Crippen LogP contribution in [-0.2, 0) is 0 Å². The van der Waals surface area contributed by atoms with Crippen molar-refractivity contribution in [1.82, 2.24) is 29.5 Å². The largest absolute Gasteiger partial charge is 0.368 e. The highest BCUT2D eigenvalue weighted by Gasteiger charge is 2.13. The minimum absolute atomic E-state index is 0.292. The lowest BCUT2D eigenvalue weighted by Crippen LogP contribution is -2.13. The van der Waals surface area contributed by atoms with Crippen molar-refractivity contribution in [3.05, 3.63) is 0 Å². The van der Waals surface area contributed by atoms with E-state index >= 15 is 0 Å². The SMILES string of the molecule is CSc1nc(N)n(C(=S)SCCSC(=S)n2nc(SC)nc2N)n1. The highest BCUT2D eigenvalue weighted by Crippen LogP contribution is 2.19. The summed E-state index contributed by atoms with van der Waals surface area (Å²) in [6, 6.07) is 0. The average molecular weight is 439 g/mol. The van der Waals surface area contributed by atoms with Crippen LogP contribution in [0.5, 0.6) is 0 Å². The lowest BCUT2D eigenvalue weighted by Gasteiger charge is -2.05. The number of aromatic nitrogens is 6. The van der Waals surface area contributed by atoms with E-state index in [-0.39, 0.29) is 0 Å². The van der Waals surface area contributed by atoms with Crippen LogP contribution >= 0.6 is 71.5 Å². The maximum absolute atomic E-state index is 5.79. The van der Waals surface area contributed by atoms with E-state index in [1.54, 1.807) is 0 Å². The van der Waals surface area contributed by atoms with Gasteiger partial charge in [-0.3, -0.25) is 0 Å². The molecule has 0 saturated heterocycles. The van der Waals surface area contributed by atoms with Crippen LogP contribution in [0.3, 0.4) is 0 Å². The van der Waals surface area contributed by atoms with Gasteiger partial charge >= 0.3 is 0 Å². The molecule has 14 heteroatoms. The fraction of sp³-hybridized carbons (Fsp3) is 0.400. The van der Waals surface area contributed by atoms with Crippen LogP contribution in [0, 0.1) is 0 Å². The zero-order chi connectivity index (χ0) is 17.7. The van der Waals surface area contributed by atoms with Crippen LogP contribution in [0.25, 0.3) is 0 Å². The number of thioether (sulfide) groups is 4. The van der Waals surface area contributed by atoms with E-state index < -0.39 is 0 Å². The Kier molecular flexibility index (Phi) is 7.61. The highest BCUT2D eigenvalue weighted by molar-refractivity contribution is 8.25. The van der Waals surface area contributed by atoms with Crippen LogP contribution in [0.1, 0.15) is 0 Å². The van der Waals surface area contributed by atoms with E-state index in [1.807, 2.05) is 12.5 Å². The molecule has 2 aromatic heterocycles. The van der Waals surface area contributed by atoms with Crippen LogP contribution in [-0.4, -0.2) is 62.2 Å². The molecule has 24 heavy (non-hydrogen) atoms. The molecular weight excluding hydrogens is 425 g/mol. The minimum atomic E-state index is 0.292. The van der Waals surface area contributed by atoms with Gasteiger partial charge in [0, 0.05) is 11.5 Å². The van der Waals surface area contributed by atoms with E-state index in [0.29, 0.717) is 30.9 Å². The summed E-state index contributed by atoms with van der Waals surface area (Å²) in [7, 11) is 0. The molecule has 130 valence electrons. The van der Waals surface area contributed by atoms with Crippen molar-refractivity contribution in [3.63, 3.8) is 0 Å². The Hall–Kier alpha value is -0.540. The van der Waals surface area contributed by atoms with Crippen molar-refractivity contribution >= 4 is 92.0 Å². The van der Waals surface area contributed by atoms with E-state index in [1.165, 1.54) is 56.4 Å². The van der Waals surface area contributed by atoms with Gasteiger partial charge in [-0.1, -0.05) is 71.5 Å². The van der Waals surface area contributed by atoms with E-state index in [9.17, 15) is 0 Å². The first-order chi connectivity index (χ1) is 11.5. The topological polar surface area (TPSA) is 113 Å². The summed E-state index contributed by atoms with van der Waals surface area (Å²) < 4.78 is 4.04. The van der Waals surface area contributed by atoms with E-state index in [0.717, 1.165) is 11.5 Å². The minimum Gasteiger partial charge on any atom is -0.368 e. The molecule has 0 spiro atoms. The fourth-order valence-corrected chi connectivity index (χ4v) is 4.42. The molecule has 0 aliphatic heterocycles. The maximum Gasteiger partial charge on any atom is 0.225 e. The molecule has 0 fully saturated rings. The quantitative estimate of drug-likeness (QED) is 0.404. The Balaban J connectivity index is 1.81. The number of thiocarbonyl (C=S) groups is 2. The third-order valence-corrected chi connectivity index (χ3v) is 6.51. The van der Waals surface area contributed by atoms with Gasteiger partial charge in [0.15, 0.2) is 8.64 Å². The van der Waals surface area contributed by atoms with Crippen molar-refractivity contribution < 1.29 is 0 Å². The lowest BCUT2D eigenvalue weighted by atomic mass is 11.0. The van der Waals surface area contributed by atoms with Gasteiger partial charge in [-0.2, -0.15) is 19.3 Å². The lowest BCUT2D eigenvalue weighted by molar-refractivity contribution is 0.902. The Morgan fingerprint density at radius 1 is 0.875 bits per heavy atom. The molecule has 0 amide bonds. The summed E-state index contributed by atoms with van der Waals surface area (Å²) in [5.41, 5.74) is 11.6. The molecule has 0 unspecified atom stereocenters. The summed E-state index contributed by atoms with van der Waals surface area (Å²) in [5.74, 6) is 2.06. The third kappa shape index (κ3) is 4.98. The number of hydrogen-bond donors (Lipinski definition) is 2. The normalized spacial score (nSPS) is 10.9. The molecule has 0 atom stereocenters. The summed E-state index contributed by atoms with van der Waals surface area (Å²) in [6.45, 7) is 0. The molecule has 2 rings (SSSR count). The van der Waals surface area contributed by atoms with Crippen molar-refractivity contribution in [2.24, 2.45) is 0 Å². The first-order valence-corrected chi connectivity index (χ1v) is 11.6. The predicted octanol–water partition coefficient (Wildman–Crippen LogP) is 1.91. The van der Waals surface area contributed by atoms with Gasteiger partial charge in [-0.15, -0.1) is 10.2 Å². The Labute approximate surface area is 166 Å². The fourth-order valence-electron chi connectivity index (χ4n) is 1.43. The van der Waals surface area contributed by atoms with Crippen molar-refractivity contribution in [3.8, 4) is 0 Å². The standard InChI is InChI=1S/C10H14N8S6/c1-21-7-13-5(11)17(15-7)9(19)23-3-4-24-10(20)18-6(12)14-8(16-18)22-2/h3-4H2,1-2H3,(H2,11,13,15)(H2,12,14,16).